The highest BCUT2D eigenvalue weighted by molar-refractivity contribution is 6.04. The Morgan fingerprint density at radius 3 is 2.45 bits per heavy atom. The number of fused-ring (bicyclic) bond motifs is 2. The van der Waals surface area contributed by atoms with Crippen LogP contribution in [0.2, 0.25) is 0 Å². The Labute approximate surface area is 194 Å². The van der Waals surface area contributed by atoms with Gasteiger partial charge in [-0.25, -0.2) is 4.98 Å². The summed E-state index contributed by atoms with van der Waals surface area (Å²) in [4.78, 5) is 22.4. The zero-order valence-corrected chi connectivity index (χ0v) is 18.9. The summed E-state index contributed by atoms with van der Waals surface area (Å²) in [5.74, 6) is 1.22. The number of aromatic nitrogens is 2. The molecule has 1 aromatic heterocycles. The number of hydrogen-bond donors (Lipinski definition) is 0. The molecule has 33 heavy (non-hydrogen) atoms. The molecule has 0 radical (unpaired) electrons. The van der Waals surface area contributed by atoms with Crippen molar-refractivity contribution in [3.05, 3.63) is 96.1 Å². The predicted octanol–water partition coefficient (Wildman–Crippen LogP) is 5.12. The van der Waals surface area contributed by atoms with Crippen LogP contribution in [0, 0.1) is 6.92 Å². The molecule has 166 valence electrons. The second-order valence-electron chi connectivity index (χ2n) is 9.13. The lowest BCUT2D eigenvalue weighted by molar-refractivity contribution is -0.122. The Balaban J connectivity index is 1.27. The fourth-order valence-corrected chi connectivity index (χ4v) is 5.73. The number of aryl methyl sites for hydroxylation is 1. The van der Waals surface area contributed by atoms with Crippen molar-refractivity contribution in [3.63, 3.8) is 0 Å². The van der Waals surface area contributed by atoms with Gasteiger partial charge in [0.25, 0.3) is 0 Å². The number of nitrogens with zero attached hydrogens (tertiary/aromatic N) is 4. The van der Waals surface area contributed by atoms with E-state index >= 15 is 0 Å². The van der Waals surface area contributed by atoms with Crippen molar-refractivity contribution in [2.24, 2.45) is 0 Å². The molecule has 6 rings (SSSR count). The van der Waals surface area contributed by atoms with E-state index in [1.54, 1.807) is 0 Å². The quantitative estimate of drug-likeness (QED) is 0.448. The lowest BCUT2D eigenvalue weighted by Crippen LogP contribution is -2.52. The van der Waals surface area contributed by atoms with Gasteiger partial charge in [0, 0.05) is 18.5 Å². The van der Waals surface area contributed by atoms with E-state index in [2.05, 4.69) is 76.0 Å². The van der Waals surface area contributed by atoms with Crippen LogP contribution in [0.1, 0.15) is 42.0 Å². The summed E-state index contributed by atoms with van der Waals surface area (Å²) < 4.78 is 2.39. The molecule has 3 heterocycles. The van der Waals surface area contributed by atoms with Crippen LogP contribution >= 0.6 is 0 Å². The molecule has 5 heteroatoms. The third-order valence-electron chi connectivity index (χ3n) is 7.31. The standard InChI is InChI=1S/C28H28N4O/c1-20-29-18-27-26(15-14-24(32(20)27)22-9-3-2-4-10-22)30-16-17-31(28(33)19-30)25-13-7-11-21-8-5-6-12-23(21)25/h2-13,18,24,26H,14-17,19H2,1H3/t24-,26?/m0/s1. The maximum absolute atomic E-state index is 13.4. The summed E-state index contributed by atoms with van der Waals surface area (Å²) >= 11 is 0. The number of piperazine rings is 1. The molecule has 2 aliphatic rings. The van der Waals surface area contributed by atoms with E-state index in [1.165, 1.54) is 16.6 Å². The van der Waals surface area contributed by atoms with Gasteiger partial charge in [0.2, 0.25) is 5.91 Å². The topological polar surface area (TPSA) is 41.4 Å². The number of benzene rings is 3. The van der Waals surface area contributed by atoms with Crippen molar-refractivity contribution in [2.75, 3.05) is 24.5 Å². The van der Waals surface area contributed by atoms with Crippen molar-refractivity contribution in [1.82, 2.24) is 14.5 Å². The van der Waals surface area contributed by atoms with Crippen LogP contribution in [0.5, 0.6) is 0 Å². The second kappa shape index (κ2) is 8.16. The van der Waals surface area contributed by atoms with Gasteiger partial charge in [-0.3, -0.25) is 9.69 Å². The van der Waals surface area contributed by atoms with Gasteiger partial charge in [-0.15, -0.1) is 0 Å². The molecule has 3 aromatic carbocycles. The van der Waals surface area contributed by atoms with E-state index in [0.29, 0.717) is 19.1 Å². The monoisotopic (exact) mass is 436 g/mol. The number of carbonyl (C=O) groups is 1. The molecule has 1 amide bonds. The summed E-state index contributed by atoms with van der Waals surface area (Å²) in [5.41, 5.74) is 3.58. The summed E-state index contributed by atoms with van der Waals surface area (Å²) in [7, 11) is 0. The van der Waals surface area contributed by atoms with Crippen LogP contribution in [-0.4, -0.2) is 40.0 Å². The maximum atomic E-state index is 13.4. The number of amides is 1. The van der Waals surface area contributed by atoms with E-state index in [9.17, 15) is 4.79 Å². The Morgan fingerprint density at radius 1 is 0.848 bits per heavy atom. The molecule has 0 saturated carbocycles. The number of hydrogen-bond acceptors (Lipinski definition) is 3. The number of rotatable bonds is 3. The van der Waals surface area contributed by atoms with Crippen molar-refractivity contribution in [1.29, 1.82) is 0 Å². The minimum absolute atomic E-state index is 0.172. The Kier molecular flexibility index (Phi) is 4.99. The molecule has 1 unspecified atom stereocenters. The van der Waals surface area contributed by atoms with Gasteiger partial charge >= 0.3 is 0 Å². The van der Waals surface area contributed by atoms with Crippen LogP contribution in [0.4, 0.5) is 5.69 Å². The highest BCUT2D eigenvalue weighted by Crippen LogP contribution is 2.40. The number of imidazole rings is 1. The molecular formula is C28H28N4O. The van der Waals surface area contributed by atoms with Gasteiger partial charge in [-0.1, -0.05) is 66.7 Å². The summed E-state index contributed by atoms with van der Waals surface area (Å²) in [6.07, 6.45) is 4.11. The molecule has 0 N–H and O–H groups in total. The highest BCUT2D eigenvalue weighted by atomic mass is 16.2. The third kappa shape index (κ3) is 3.44. The molecule has 4 aromatic rings. The fourth-order valence-electron chi connectivity index (χ4n) is 5.73. The van der Waals surface area contributed by atoms with Crippen LogP contribution in [-0.2, 0) is 4.79 Å². The average Bonchev–Trinajstić information content (AvgIpc) is 3.25. The number of anilines is 1. The molecule has 0 aliphatic carbocycles. The summed E-state index contributed by atoms with van der Waals surface area (Å²) in [6, 6.07) is 25.8. The smallest absolute Gasteiger partial charge is 0.241 e. The highest BCUT2D eigenvalue weighted by Gasteiger charge is 2.36. The van der Waals surface area contributed by atoms with Crippen LogP contribution in [0.15, 0.2) is 79.0 Å². The predicted molar refractivity (Wildman–Crippen MR) is 131 cm³/mol. The summed E-state index contributed by atoms with van der Waals surface area (Å²) in [6.45, 7) is 4.10. The lowest BCUT2D eigenvalue weighted by Gasteiger charge is -2.42. The molecule has 2 aliphatic heterocycles. The van der Waals surface area contributed by atoms with Crippen molar-refractivity contribution < 1.29 is 4.79 Å². The van der Waals surface area contributed by atoms with Gasteiger partial charge in [-0.05, 0) is 36.8 Å². The molecule has 2 atom stereocenters. The molecule has 1 saturated heterocycles. The zero-order valence-electron chi connectivity index (χ0n) is 18.9. The Bertz CT molecular complexity index is 1310. The maximum Gasteiger partial charge on any atom is 0.241 e. The molecule has 0 bridgehead atoms. The largest absolute Gasteiger partial charge is 0.323 e. The first-order chi connectivity index (χ1) is 16.2. The third-order valence-corrected chi connectivity index (χ3v) is 7.31. The van der Waals surface area contributed by atoms with Crippen molar-refractivity contribution in [2.45, 2.75) is 31.8 Å². The van der Waals surface area contributed by atoms with Crippen molar-refractivity contribution in [3.8, 4) is 0 Å². The first-order valence-electron chi connectivity index (χ1n) is 11.8. The number of carbonyl (C=O) groups excluding carboxylic acids is 1. The van der Waals surface area contributed by atoms with Gasteiger partial charge in [0.1, 0.15) is 5.82 Å². The SMILES string of the molecule is Cc1ncc2n1[C@H](c1ccccc1)CCC2N1CCN(c2cccc3ccccc23)C(=O)C1. The normalized spacial score (nSPS) is 21.4. The summed E-state index contributed by atoms with van der Waals surface area (Å²) in [5, 5.41) is 2.31. The van der Waals surface area contributed by atoms with E-state index in [-0.39, 0.29) is 11.9 Å². The van der Waals surface area contributed by atoms with E-state index < -0.39 is 0 Å². The van der Waals surface area contributed by atoms with Crippen LogP contribution in [0.3, 0.4) is 0 Å². The van der Waals surface area contributed by atoms with Gasteiger partial charge < -0.3 is 9.47 Å². The average molecular weight is 437 g/mol. The van der Waals surface area contributed by atoms with Gasteiger partial charge in [0.05, 0.1) is 36.2 Å². The zero-order chi connectivity index (χ0) is 22.4. The fraction of sp³-hybridized carbons (Fsp3) is 0.286. The van der Waals surface area contributed by atoms with Crippen LogP contribution in [0.25, 0.3) is 10.8 Å². The first-order valence-corrected chi connectivity index (χ1v) is 11.8. The Hall–Kier alpha value is -3.44. The molecule has 1 fully saturated rings. The first kappa shape index (κ1) is 20.2. The van der Waals surface area contributed by atoms with Gasteiger partial charge in [-0.2, -0.15) is 0 Å². The second-order valence-corrected chi connectivity index (χ2v) is 9.13. The molecule has 0 spiro atoms. The van der Waals surface area contributed by atoms with E-state index in [0.717, 1.165) is 36.3 Å². The molecule has 5 nitrogen and oxygen atoms in total. The Morgan fingerprint density at radius 2 is 1.61 bits per heavy atom. The van der Waals surface area contributed by atoms with E-state index in [4.69, 9.17) is 0 Å². The van der Waals surface area contributed by atoms with Crippen LogP contribution < -0.4 is 4.90 Å². The van der Waals surface area contributed by atoms with Crippen molar-refractivity contribution >= 4 is 22.4 Å². The molecular weight excluding hydrogens is 408 g/mol. The van der Waals surface area contributed by atoms with E-state index in [1.807, 2.05) is 29.3 Å². The minimum atomic E-state index is 0.172. The van der Waals surface area contributed by atoms with Gasteiger partial charge in [0.15, 0.2) is 0 Å². The lowest BCUT2D eigenvalue weighted by atomic mass is 9.92. The minimum Gasteiger partial charge on any atom is -0.323 e.